The number of likely N-dealkylation sites (tertiary alicyclic amines) is 1. The van der Waals surface area contributed by atoms with Crippen LogP contribution in [-0.4, -0.2) is 34.0 Å². The van der Waals surface area contributed by atoms with Crippen LogP contribution in [-0.2, 0) is 10.3 Å². The van der Waals surface area contributed by atoms with Crippen molar-refractivity contribution < 1.29 is 9.32 Å². The van der Waals surface area contributed by atoms with E-state index in [0.717, 1.165) is 45.1 Å². The van der Waals surface area contributed by atoms with Crippen molar-refractivity contribution in [3.63, 3.8) is 0 Å². The predicted molar refractivity (Wildman–Crippen MR) is 89.3 cm³/mol. The molecule has 23 heavy (non-hydrogen) atoms. The number of rotatable bonds is 4. The molecule has 0 radical (unpaired) electrons. The number of hydrogen-bond acceptors (Lipinski definition) is 5. The Morgan fingerprint density at radius 1 is 1.48 bits per heavy atom. The van der Waals surface area contributed by atoms with Crippen molar-refractivity contribution >= 4 is 18.3 Å². The average molecular weight is 343 g/mol. The second-order valence-corrected chi connectivity index (χ2v) is 6.90. The van der Waals surface area contributed by atoms with Gasteiger partial charge >= 0.3 is 0 Å². The molecule has 1 saturated carbocycles. The maximum absolute atomic E-state index is 12.4. The average Bonchev–Trinajstić information content (AvgIpc) is 3.01. The smallest absolute Gasteiger partial charge is 0.231 e. The van der Waals surface area contributed by atoms with Crippen molar-refractivity contribution in [2.75, 3.05) is 13.1 Å². The van der Waals surface area contributed by atoms with Gasteiger partial charge in [-0.05, 0) is 38.5 Å². The van der Waals surface area contributed by atoms with E-state index in [1.807, 2.05) is 18.7 Å². The number of hydrogen-bond donors (Lipinski definition) is 1. The van der Waals surface area contributed by atoms with E-state index in [-0.39, 0.29) is 35.7 Å². The summed E-state index contributed by atoms with van der Waals surface area (Å²) in [5.74, 6) is 1.75. The molecule has 1 aliphatic heterocycles. The monoisotopic (exact) mass is 342 g/mol. The molecule has 2 heterocycles. The molecule has 0 aromatic carbocycles. The summed E-state index contributed by atoms with van der Waals surface area (Å²) in [6, 6.07) is 0. The number of aromatic nitrogens is 2. The summed E-state index contributed by atoms with van der Waals surface area (Å²) in [6.07, 6.45) is 5.83. The Balaban J connectivity index is 0.00000192. The summed E-state index contributed by atoms with van der Waals surface area (Å²) < 4.78 is 5.46. The summed E-state index contributed by atoms with van der Waals surface area (Å²) in [5, 5.41) is 4.09. The minimum absolute atomic E-state index is 0. The Labute approximate surface area is 143 Å². The van der Waals surface area contributed by atoms with Crippen molar-refractivity contribution in [2.24, 2.45) is 11.7 Å². The van der Waals surface area contributed by atoms with Crippen LogP contribution in [0.4, 0.5) is 0 Å². The second-order valence-electron chi connectivity index (χ2n) is 6.90. The van der Waals surface area contributed by atoms with E-state index in [1.165, 1.54) is 0 Å². The number of piperidine rings is 1. The third-order valence-corrected chi connectivity index (χ3v) is 5.25. The van der Waals surface area contributed by atoms with Crippen LogP contribution in [0.5, 0.6) is 0 Å². The molecule has 2 aliphatic rings. The number of halogens is 1. The van der Waals surface area contributed by atoms with Crippen molar-refractivity contribution in [1.82, 2.24) is 15.0 Å². The largest absolute Gasteiger partial charge is 0.342 e. The first-order chi connectivity index (χ1) is 10.5. The summed E-state index contributed by atoms with van der Waals surface area (Å²) >= 11 is 0. The fourth-order valence-electron chi connectivity index (χ4n) is 3.25. The van der Waals surface area contributed by atoms with Gasteiger partial charge in [-0.1, -0.05) is 19.0 Å². The highest BCUT2D eigenvalue weighted by molar-refractivity contribution is 5.85. The molecule has 130 valence electrons. The topological polar surface area (TPSA) is 85.2 Å². The van der Waals surface area contributed by atoms with Crippen molar-refractivity contribution in [1.29, 1.82) is 0 Å². The zero-order valence-electron chi connectivity index (χ0n) is 14.0. The molecule has 1 saturated heterocycles. The molecule has 1 aromatic heterocycles. The summed E-state index contributed by atoms with van der Waals surface area (Å²) in [5.41, 5.74) is 5.86. The van der Waals surface area contributed by atoms with Crippen LogP contribution in [0.2, 0.25) is 0 Å². The van der Waals surface area contributed by atoms with Crippen molar-refractivity contribution in [2.45, 2.75) is 63.8 Å². The lowest BCUT2D eigenvalue weighted by Crippen LogP contribution is -2.44. The summed E-state index contributed by atoms with van der Waals surface area (Å²) in [4.78, 5) is 18.9. The molecular weight excluding hydrogens is 316 g/mol. The molecular formula is C16H27ClN4O2. The van der Waals surface area contributed by atoms with E-state index in [9.17, 15) is 4.79 Å². The van der Waals surface area contributed by atoms with Gasteiger partial charge in [0, 0.05) is 19.0 Å². The molecule has 2 unspecified atom stereocenters. The molecule has 7 heteroatoms. The maximum Gasteiger partial charge on any atom is 0.231 e. The molecule has 1 aromatic rings. The normalized spacial score (nSPS) is 24.5. The van der Waals surface area contributed by atoms with Gasteiger partial charge in [0.2, 0.25) is 11.8 Å². The Kier molecular flexibility index (Phi) is 5.68. The lowest BCUT2D eigenvalue weighted by atomic mass is 9.77. The second kappa shape index (κ2) is 7.18. The molecule has 0 spiro atoms. The van der Waals surface area contributed by atoms with Gasteiger partial charge in [0.25, 0.3) is 0 Å². The van der Waals surface area contributed by atoms with Gasteiger partial charge in [-0.15, -0.1) is 12.4 Å². The van der Waals surface area contributed by atoms with E-state index in [0.29, 0.717) is 18.3 Å². The van der Waals surface area contributed by atoms with Crippen LogP contribution in [0.25, 0.3) is 0 Å². The van der Waals surface area contributed by atoms with E-state index < -0.39 is 0 Å². The Morgan fingerprint density at radius 2 is 2.22 bits per heavy atom. The van der Waals surface area contributed by atoms with E-state index in [2.05, 4.69) is 10.1 Å². The Hall–Kier alpha value is -1.14. The highest BCUT2D eigenvalue weighted by Crippen LogP contribution is 2.38. The van der Waals surface area contributed by atoms with Gasteiger partial charge in [-0.2, -0.15) is 4.98 Å². The number of nitrogens with two attached hydrogens (primary N) is 1. The lowest BCUT2D eigenvalue weighted by Gasteiger charge is -2.34. The van der Waals surface area contributed by atoms with Crippen LogP contribution in [0.3, 0.4) is 0 Å². The first kappa shape index (κ1) is 18.2. The van der Waals surface area contributed by atoms with Crippen LogP contribution in [0.1, 0.15) is 70.0 Å². The van der Waals surface area contributed by atoms with Crippen LogP contribution >= 0.6 is 12.4 Å². The fraction of sp³-hybridized carbons (Fsp3) is 0.812. The minimum atomic E-state index is -0.386. The quantitative estimate of drug-likeness (QED) is 0.908. The summed E-state index contributed by atoms with van der Waals surface area (Å²) in [6.45, 7) is 5.56. The first-order valence-corrected chi connectivity index (χ1v) is 8.45. The molecule has 2 atom stereocenters. The van der Waals surface area contributed by atoms with E-state index in [1.54, 1.807) is 0 Å². The summed E-state index contributed by atoms with van der Waals surface area (Å²) in [7, 11) is 0. The Morgan fingerprint density at radius 3 is 2.83 bits per heavy atom. The van der Waals surface area contributed by atoms with Crippen molar-refractivity contribution in [3.05, 3.63) is 11.7 Å². The molecule has 0 bridgehead atoms. The van der Waals surface area contributed by atoms with E-state index in [4.69, 9.17) is 10.3 Å². The molecule has 6 nitrogen and oxygen atoms in total. The minimum Gasteiger partial charge on any atom is -0.342 e. The number of amides is 1. The molecule has 1 amide bonds. The highest BCUT2D eigenvalue weighted by atomic mass is 35.5. The lowest BCUT2D eigenvalue weighted by molar-refractivity contribution is -0.136. The predicted octanol–water partition coefficient (Wildman–Crippen LogP) is 2.58. The van der Waals surface area contributed by atoms with Gasteiger partial charge in [-0.3, -0.25) is 4.79 Å². The van der Waals surface area contributed by atoms with Gasteiger partial charge < -0.3 is 15.2 Å². The Bertz CT molecular complexity index is 544. The third-order valence-electron chi connectivity index (χ3n) is 5.25. The zero-order valence-corrected chi connectivity index (χ0v) is 14.8. The SMILES string of the molecule is CCC(C)C(=O)N1CCCC(c2nc(C3(N)CCC3)no2)C1.Cl. The van der Waals surface area contributed by atoms with Crippen LogP contribution < -0.4 is 5.73 Å². The van der Waals surface area contributed by atoms with Crippen LogP contribution in [0.15, 0.2) is 4.52 Å². The third kappa shape index (κ3) is 3.53. The van der Waals surface area contributed by atoms with Gasteiger partial charge in [-0.25, -0.2) is 0 Å². The number of carbonyl (C=O) groups is 1. The first-order valence-electron chi connectivity index (χ1n) is 8.45. The number of nitrogens with zero attached hydrogens (tertiary/aromatic N) is 3. The maximum atomic E-state index is 12.4. The van der Waals surface area contributed by atoms with Gasteiger partial charge in [0.1, 0.15) is 0 Å². The molecule has 2 fully saturated rings. The fourth-order valence-corrected chi connectivity index (χ4v) is 3.25. The van der Waals surface area contributed by atoms with Gasteiger partial charge in [0.15, 0.2) is 5.82 Å². The molecule has 1 aliphatic carbocycles. The highest BCUT2D eigenvalue weighted by Gasteiger charge is 2.40. The van der Waals surface area contributed by atoms with Gasteiger partial charge in [0.05, 0.1) is 11.5 Å². The molecule has 3 rings (SSSR count). The van der Waals surface area contributed by atoms with Crippen molar-refractivity contribution in [3.8, 4) is 0 Å². The van der Waals surface area contributed by atoms with Crippen LogP contribution in [0, 0.1) is 5.92 Å². The van der Waals surface area contributed by atoms with E-state index >= 15 is 0 Å². The molecule has 2 N–H and O–H groups in total. The number of carbonyl (C=O) groups excluding carboxylic acids is 1. The zero-order chi connectivity index (χ0) is 15.7. The standard InChI is InChI=1S/C16H26N4O2.ClH/c1-3-11(2)14(21)20-9-4-6-12(10-20)13-18-15(19-22-13)16(17)7-5-8-16;/h11-12H,3-10,17H2,1-2H3;1H.